The lowest BCUT2D eigenvalue weighted by atomic mass is 10.1. The van der Waals surface area contributed by atoms with Crippen molar-refractivity contribution in [2.45, 2.75) is 65.4 Å². The predicted molar refractivity (Wildman–Crippen MR) is 87.7 cm³/mol. The molecule has 0 bridgehead atoms. The minimum absolute atomic E-state index is 0.0599. The number of aromatic nitrogens is 2. The Balaban J connectivity index is 3.17. The topological polar surface area (TPSA) is 101 Å². The molecule has 0 aliphatic carbocycles. The van der Waals surface area contributed by atoms with E-state index in [1.165, 1.54) is 0 Å². The first kappa shape index (κ1) is 19.6. The van der Waals surface area contributed by atoms with Crippen molar-refractivity contribution in [3.63, 3.8) is 0 Å². The molecular formula is C15H27N3O4S. The van der Waals surface area contributed by atoms with Crippen molar-refractivity contribution in [2.75, 3.05) is 0 Å². The Bertz CT molecular complexity index is 663. The Hall–Kier alpha value is -1.41. The Morgan fingerprint density at radius 2 is 1.78 bits per heavy atom. The Labute approximate surface area is 138 Å². The highest BCUT2D eigenvalue weighted by Gasteiger charge is 2.30. The maximum Gasteiger partial charge on any atom is 0.321 e. The van der Waals surface area contributed by atoms with Gasteiger partial charge in [-0.25, -0.2) is 8.42 Å². The molecule has 0 unspecified atom stereocenters. The maximum absolute atomic E-state index is 12.6. The first-order valence-electron chi connectivity index (χ1n) is 7.74. The molecule has 0 spiro atoms. The zero-order valence-electron chi connectivity index (χ0n) is 14.6. The summed E-state index contributed by atoms with van der Waals surface area (Å²) in [5, 5.41) is 13.5. The number of carboxylic acid groups (broad SMARTS) is 1. The van der Waals surface area contributed by atoms with Gasteiger partial charge in [0.1, 0.15) is 10.9 Å². The summed E-state index contributed by atoms with van der Waals surface area (Å²) in [4.78, 5) is 11.4. The van der Waals surface area contributed by atoms with Gasteiger partial charge in [0, 0.05) is 6.54 Å². The average Bonchev–Trinajstić information content (AvgIpc) is 2.62. The van der Waals surface area contributed by atoms with E-state index in [9.17, 15) is 18.3 Å². The minimum atomic E-state index is -3.94. The zero-order valence-corrected chi connectivity index (χ0v) is 15.4. The number of sulfonamides is 1. The van der Waals surface area contributed by atoms with Gasteiger partial charge < -0.3 is 5.11 Å². The summed E-state index contributed by atoms with van der Waals surface area (Å²) in [7, 11) is -3.94. The van der Waals surface area contributed by atoms with E-state index in [0.29, 0.717) is 23.9 Å². The van der Waals surface area contributed by atoms with E-state index in [2.05, 4.69) is 9.82 Å². The van der Waals surface area contributed by atoms with E-state index in [1.807, 2.05) is 27.7 Å². The smallest absolute Gasteiger partial charge is 0.321 e. The molecule has 1 rings (SSSR count). The van der Waals surface area contributed by atoms with Crippen LogP contribution in [0.5, 0.6) is 0 Å². The first-order valence-corrected chi connectivity index (χ1v) is 9.23. The van der Waals surface area contributed by atoms with Gasteiger partial charge in [-0.3, -0.25) is 9.48 Å². The summed E-state index contributed by atoms with van der Waals surface area (Å²) in [5.41, 5.74) is 0.904. The number of carboxylic acids is 1. The van der Waals surface area contributed by atoms with E-state index in [4.69, 9.17) is 0 Å². The Kier molecular flexibility index (Phi) is 6.35. The van der Waals surface area contributed by atoms with E-state index in [0.717, 1.165) is 0 Å². The number of aryl methyl sites for hydroxylation is 1. The second-order valence-corrected chi connectivity index (χ2v) is 8.37. The standard InChI is InChI=1S/C15H27N3O4S/c1-9(2)7-13(15(19)20)17-23(21,22)14-11(5)16-18(12(14)6)8-10(3)4/h9-10,13,17H,7-8H2,1-6H3,(H,19,20)/t13-/m1/s1. The number of hydrogen-bond acceptors (Lipinski definition) is 4. The number of rotatable bonds is 8. The van der Waals surface area contributed by atoms with Crippen molar-refractivity contribution in [2.24, 2.45) is 11.8 Å². The molecule has 1 atom stereocenters. The van der Waals surface area contributed by atoms with Gasteiger partial charge in [0.2, 0.25) is 10.0 Å². The van der Waals surface area contributed by atoms with Gasteiger partial charge >= 0.3 is 5.97 Å². The number of hydrogen-bond donors (Lipinski definition) is 2. The molecule has 0 aliphatic heterocycles. The average molecular weight is 345 g/mol. The van der Waals surface area contributed by atoms with E-state index >= 15 is 0 Å². The van der Waals surface area contributed by atoms with Gasteiger partial charge in [0.25, 0.3) is 0 Å². The largest absolute Gasteiger partial charge is 0.480 e. The quantitative estimate of drug-likeness (QED) is 0.750. The highest BCUT2D eigenvalue weighted by molar-refractivity contribution is 7.89. The molecule has 8 heteroatoms. The van der Waals surface area contributed by atoms with Gasteiger partial charge in [0.15, 0.2) is 0 Å². The van der Waals surface area contributed by atoms with Crippen LogP contribution in [0.4, 0.5) is 0 Å². The van der Waals surface area contributed by atoms with Gasteiger partial charge in [0.05, 0.1) is 11.4 Å². The third kappa shape index (κ3) is 5.04. The molecule has 0 saturated heterocycles. The minimum Gasteiger partial charge on any atom is -0.480 e. The number of aliphatic carboxylic acids is 1. The third-order valence-corrected chi connectivity index (χ3v) is 5.15. The summed E-state index contributed by atoms with van der Waals surface area (Å²) in [6.45, 7) is 11.7. The second-order valence-electron chi connectivity index (χ2n) is 6.72. The molecule has 0 aliphatic rings. The molecule has 0 saturated carbocycles. The van der Waals surface area contributed by atoms with Crippen LogP contribution in [0.3, 0.4) is 0 Å². The van der Waals surface area contributed by atoms with Gasteiger partial charge in [-0.2, -0.15) is 9.82 Å². The van der Waals surface area contributed by atoms with Crippen LogP contribution >= 0.6 is 0 Å². The molecule has 1 aromatic heterocycles. The number of carbonyl (C=O) groups is 1. The fourth-order valence-electron chi connectivity index (χ4n) is 2.51. The van der Waals surface area contributed by atoms with Crippen LogP contribution in [0.25, 0.3) is 0 Å². The second kappa shape index (κ2) is 7.44. The molecule has 2 N–H and O–H groups in total. The molecule has 1 heterocycles. The summed E-state index contributed by atoms with van der Waals surface area (Å²) in [6.07, 6.45) is 0.229. The van der Waals surface area contributed by atoms with Crippen LogP contribution in [0.2, 0.25) is 0 Å². The third-order valence-electron chi connectivity index (χ3n) is 3.42. The normalized spacial score (nSPS) is 13.7. The number of nitrogens with one attached hydrogen (secondary N) is 1. The highest BCUT2D eigenvalue weighted by Crippen LogP contribution is 2.21. The maximum atomic E-state index is 12.6. The van der Waals surface area contributed by atoms with E-state index < -0.39 is 22.0 Å². The summed E-state index contributed by atoms with van der Waals surface area (Å²) in [6, 6.07) is -1.15. The summed E-state index contributed by atoms with van der Waals surface area (Å²) < 4.78 is 29.3. The molecular weight excluding hydrogens is 318 g/mol. The lowest BCUT2D eigenvalue weighted by Crippen LogP contribution is -2.41. The monoisotopic (exact) mass is 345 g/mol. The molecule has 7 nitrogen and oxygen atoms in total. The van der Waals surface area contributed by atoms with Crippen LogP contribution < -0.4 is 4.72 Å². The summed E-state index contributed by atoms with van der Waals surface area (Å²) in [5.74, 6) is -0.791. The predicted octanol–water partition coefficient (Wildman–Crippen LogP) is 1.93. The summed E-state index contributed by atoms with van der Waals surface area (Å²) >= 11 is 0. The van der Waals surface area contributed by atoms with Crippen molar-refractivity contribution < 1.29 is 18.3 Å². The fourth-order valence-corrected chi connectivity index (χ4v) is 4.12. The van der Waals surface area contributed by atoms with Gasteiger partial charge in [-0.1, -0.05) is 27.7 Å². The van der Waals surface area contributed by atoms with E-state index in [-0.39, 0.29) is 17.2 Å². The first-order chi connectivity index (χ1) is 10.5. The van der Waals surface area contributed by atoms with Crippen molar-refractivity contribution in [1.82, 2.24) is 14.5 Å². The van der Waals surface area contributed by atoms with Crippen LogP contribution in [0.1, 0.15) is 45.5 Å². The fraction of sp³-hybridized carbons (Fsp3) is 0.733. The van der Waals surface area contributed by atoms with Gasteiger partial charge in [-0.05, 0) is 32.1 Å². The van der Waals surface area contributed by atoms with Crippen LogP contribution in [-0.2, 0) is 21.4 Å². The van der Waals surface area contributed by atoms with Crippen molar-refractivity contribution in [3.05, 3.63) is 11.4 Å². The molecule has 0 aromatic carbocycles. The highest BCUT2D eigenvalue weighted by atomic mass is 32.2. The molecule has 1 aromatic rings. The van der Waals surface area contributed by atoms with Crippen LogP contribution in [-0.4, -0.2) is 35.3 Å². The molecule has 0 amide bonds. The van der Waals surface area contributed by atoms with Crippen molar-refractivity contribution in [3.8, 4) is 0 Å². The van der Waals surface area contributed by atoms with Crippen molar-refractivity contribution in [1.29, 1.82) is 0 Å². The van der Waals surface area contributed by atoms with Crippen molar-refractivity contribution >= 4 is 16.0 Å². The molecule has 132 valence electrons. The Morgan fingerprint density at radius 1 is 1.22 bits per heavy atom. The molecule has 0 fully saturated rings. The number of nitrogens with zero attached hydrogens (tertiary/aromatic N) is 2. The molecule has 23 heavy (non-hydrogen) atoms. The Morgan fingerprint density at radius 3 is 2.22 bits per heavy atom. The van der Waals surface area contributed by atoms with E-state index in [1.54, 1.807) is 18.5 Å². The lowest BCUT2D eigenvalue weighted by molar-refractivity contribution is -0.139. The van der Waals surface area contributed by atoms with Gasteiger partial charge in [-0.15, -0.1) is 0 Å². The zero-order chi connectivity index (χ0) is 17.9. The van der Waals surface area contributed by atoms with Crippen LogP contribution in [0.15, 0.2) is 4.90 Å². The molecule has 0 radical (unpaired) electrons. The SMILES string of the molecule is Cc1nn(CC(C)C)c(C)c1S(=O)(=O)N[C@H](CC(C)C)C(=O)O. The van der Waals surface area contributed by atoms with Crippen LogP contribution in [0, 0.1) is 25.7 Å². The lowest BCUT2D eigenvalue weighted by Gasteiger charge is -2.17.